The van der Waals surface area contributed by atoms with Crippen molar-refractivity contribution in [3.63, 3.8) is 0 Å². The number of aryl methyl sites for hydroxylation is 1. The van der Waals surface area contributed by atoms with Crippen LogP contribution in [0.4, 0.5) is 5.69 Å². The number of benzene rings is 1. The number of nitrogens with zero attached hydrogens (tertiary/aromatic N) is 4. The van der Waals surface area contributed by atoms with E-state index in [2.05, 4.69) is 76.9 Å². The van der Waals surface area contributed by atoms with Gasteiger partial charge in [-0.3, -0.25) is 0 Å². The lowest BCUT2D eigenvalue weighted by Gasteiger charge is -2.41. The van der Waals surface area contributed by atoms with Crippen molar-refractivity contribution >= 4 is 17.9 Å². The Morgan fingerprint density at radius 1 is 1.20 bits per heavy atom. The molecule has 0 spiro atoms. The van der Waals surface area contributed by atoms with E-state index in [1.165, 1.54) is 5.56 Å². The third-order valence-electron chi connectivity index (χ3n) is 5.89. The second-order valence-corrected chi connectivity index (χ2v) is 7.93. The molecule has 2 aliphatic rings. The molecule has 3 atom stereocenters. The van der Waals surface area contributed by atoms with Gasteiger partial charge < -0.3 is 4.90 Å². The molecule has 0 aromatic heterocycles. The van der Waals surface area contributed by atoms with Gasteiger partial charge in [-0.05, 0) is 42.3 Å². The van der Waals surface area contributed by atoms with Gasteiger partial charge in [-0.15, -0.1) is 4.59 Å². The molecule has 3 rings (SSSR count). The highest BCUT2D eigenvalue weighted by Gasteiger charge is 2.35. The number of hydrogen-bond donors (Lipinski definition) is 0. The van der Waals surface area contributed by atoms with E-state index in [1.54, 1.807) is 0 Å². The number of quaternary nitrogens is 1. The minimum absolute atomic E-state index is 0.379. The van der Waals surface area contributed by atoms with Crippen LogP contribution in [0.1, 0.15) is 33.3 Å². The largest absolute Gasteiger partial charge is 0.368 e. The van der Waals surface area contributed by atoms with Crippen molar-refractivity contribution in [2.24, 2.45) is 27.8 Å². The molecule has 25 heavy (non-hydrogen) atoms. The quantitative estimate of drug-likeness (QED) is 0.749. The Hall–Kier alpha value is -1.94. The fraction of sp³-hybridized carbons (Fsp3) is 0.524. The molecule has 0 radical (unpaired) electrons. The van der Waals surface area contributed by atoms with Gasteiger partial charge in [0.1, 0.15) is 7.05 Å². The van der Waals surface area contributed by atoms with E-state index < -0.39 is 0 Å². The summed E-state index contributed by atoms with van der Waals surface area (Å²) >= 11 is 0. The van der Waals surface area contributed by atoms with Crippen LogP contribution in [0, 0.1) is 24.7 Å². The van der Waals surface area contributed by atoms with E-state index in [4.69, 9.17) is 10.1 Å². The number of rotatable bonds is 3. The zero-order valence-electron chi connectivity index (χ0n) is 16.4. The molecule has 1 aromatic carbocycles. The van der Waals surface area contributed by atoms with Crippen molar-refractivity contribution < 1.29 is 0 Å². The second-order valence-electron chi connectivity index (χ2n) is 7.93. The SMILES string of the molecule is CC=C(C1=N[N+](C)(c2cccc(C)c2)C=N1)N1CC(C)C(C)C(C)C1. The molecular formula is C21H31N4+. The zero-order valence-corrected chi connectivity index (χ0v) is 16.4. The van der Waals surface area contributed by atoms with Crippen molar-refractivity contribution in [1.82, 2.24) is 9.49 Å². The van der Waals surface area contributed by atoms with Crippen molar-refractivity contribution in [3.8, 4) is 0 Å². The summed E-state index contributed by atoms with van der Waals surface area (Å²) in [4.78, 5) is 7.17. The molecule has 4 nitrogen and oxygen atoms in total. The Balaban J connectivity index is 1.87. The second kappa shape index (κ2) is 6.75. The maximum Gasteiger partial charge on any atom is 0.236 e. The lowest BCUT2D eigenvalue weighted by molar-refractivity contribution is 0.120. The number of allylic oxidation sites excluding steroid dienone is 1. The third kappa shape index (κ3) is 3.40. The molecule has 0 N–H and O–H groups in total. The molecule has 0 amide bonds. The van der Waals surface area contributed by atoms with Crippen molar-refractivity contribution in [2.45, 2.75) is 34.6 Å². The van der Waals surface area contributed by atoms with E-state index in [1.807, 2.05) is 6.34 Å². The first-order chi connectivity index (χ1) is 11.8. The average molecular weight is 340 g/mol. The minimum atomic E-state index is 0.379. The van der Waals surface area contributed by atoms with Crippen LogP contribution >= 0.6 is 0 Å². The standard InChI is InChI=1S/C21H31N4/c1-7-20(24-12-16(3)18(5)17(4)13-24)21-22-14-25(6,23-21)19-10-8-9-15(2)11-19/h7-11,14,16-18H,12-13H2,1-6H3/q+1. The summed E-state index contributed by atoms with van der Waals surface area (Å²) in [6.07, 6.45) is 4.10. The van der Waals surface area contributed by atoms with Gasteiger partial charge in [-0.25, -0.2) is 0 Å². The van der Waals surface area contributed by atoms with Crippen molar-refractivity contribution in [3.05, 3.63) is 41.6 Å². The van der Waals surface area contributed by atoms with Gasteiger partial charge in [0.05, 0.1) is 5.70 Å². The van der Waals surface area contributed by atoms with E-state index in [0.717, 1.165) is 36.2 Å². The predicted octanol–water partition coefficient (Wildman–Crippen LogP) is 4.42. The van der Waals surface area contributed by atoms with Gasteiger partial charge in [-0.1, -0.05) is 39.0 Å². The van der Waals surface area contributed by atoms with Crippen molar-refractivity contribution in [2.75, 3.05) is 20.1 Å². The number of piperidine rings is 1. The maximum absolute atomic E-state index is 4.97. The summed E-state index contributed by atoms with van der Waals surface area (Å²) < 4.78 is 0.379. The Bertz CT molecular complexity index is 721. The monoisotopic (exact) mass is 339 g/mol. The number of aliphatic imine (C=N–C) groups is 1. The first-order valence-corrected chi connectivity index (χ1v) is 9.34. The molecule has 3 unspecified atom stereocenters. The number of likely N-dealkylation sites (tertiary alicyclic amines) is 1. The van der Waals surface area contributed by atoms with Crippen LogP contribution in [0.15, 0.2) is 46.1 Å². The van der Waals surface area contributed by atoms with Crippen LogP contribution in [0.3, 0.4) is 0 Å². The van der Waals surface area contributed by atoms with E-state index in [-0.39, 0.29) is 0 Å². The Kier molecular flexibility index (Phi) is 4.83. The first-order valence-electron chi connectivity index (χ1n) is 9.34. The lowest BCUT2D eigenvalue weighted by atomic mass is 9.81. The fourth-order valence-corrected chi connectivity index (χ4v) is 3.88. The predicted molar refractivity (Wildman–Crippen MR) is 108 cm³/mol. The molecule has 1 fully saturated rings. The molecule has 4 heteroatoms. The van der Waals surface area contributed by atoms with E-state index in [0.29, 0.717) is 16.4 Å². The van der Waals surface area contributed by atoms with Crippen LogP contribution in [0.5, 0.6) is 0 Å². The van der Waals surface area contributed by atoms with Gasteiger partial charge in [0.25, 0.3) is 0 Å². The Labute approximate surface area is 152 Å². The third-order valence-corrected chi connectivity index (χ3v) is 5.89. The summed E-state index contributed by atoms with van der Waals surface area (Å²) in [5.74, 6) is 2.97. The van der Waals surface area contributed by atoms with E-state index in [9.17, 15) is 0 Å². The summed E-state index contributed by atoms with van der Waals surface area (Å²) in [6.45, 7) is 13.4. The average Bonchev–Trinajstić information content (AvgIpc) is 2.97. The summed E-state index contributed by atoms with van der Waals surface area (Å²) in [5, 5.41) is 4.97. The van der Waals surface area contributed by atoms with Crippen LogP contribution in [0.25, 0.3) is 0 Å². The topological polar surface area (TPSA) is 28.0 Å². The Morgan fingerprint density at radius 2 is 1.88 bits per heavy atom. The molecule has 1 aromatic rings. The van der Waals surface area contributed by atoms with Crippen LogP contribution in [-0.4, -0.2) is 37.2 Å². The summed E-state index contributed by atoms with van der Waals surface area (Å²) in [7, 11) is 2.09. The molecule has 0 bridgehead atoms. The zero-order chi connectivity index (χ0) is 18.2. The van der Waals surface area contributed by atoms with Gasteiger partial charge >= 0.3 is 0 Å². The number of amidine groups is 1. The highest BCUT2D eigenvalue weighted by Crippen LogP contribution is 2.32. The fourth-order valence-electron chi connectivity index (χ4n) is 3.88. The van der Waals surface area contributed by atoms with Crippen LogP contribution < -0.4 is 4.59 Å². The Morgan fingerprint density at radius 3 is 2.48 bits per heavy atom. The summed E-state index contributed by atoms with van der Waals surface area (Å²) in [6, 6.07) is 8.50. The lowest BCUT2D eigenvalue weighted by Crippen LogP contribution is -2.44. The highest BCUT2D eigenvalue weighted by molar-refractivity contribution is 6.06. The molecule has 0 saturated carbocycles. The normalized spacial score (nSPS) is 32.9. The van der Waals surface area contributed by atoms with Crippen LogP contribution in [0.2, 0.25) is 0 Å². The minimum Gasteiger partial charge on any atom is -0.368 e. The van der Waals surface area contributed by atoms with Gasteiger partial charge in [0, 0.05) is 25.2 Å². The van der Waals surface area contributed by atoms with E-state index >= 15 is 0 Å². The van der Waals surface area contributed by atoms with Gasteiger partial charge in [0.15, 0.2) is 5.69 Å². The van der Waals surface area contributed by atoms with Crippen molar-refractivity contribution in [1.29, 1.82) is 0 Å². The summed E-state index contributed by atoms with van der Waals surface area (Å²) in [5.41, 5.74) is 3.55. The molecule has 134 valence electrons. The molecule has 1 saturated heterocycles. The van der Waals surface area contributed by atoms with Gasteiger partial charge in [0.2, 0.25) is 12.2 Å². The van der Waals surface area contributed by atoms with Crippen LogP contribution in [-0.2, 0) is 0 Å². The molecule has 0 aliphatic carbocycles. The highest BCUT2D eigenvalue weighted by atomic mass is 15.6. The maximum atomic E-state index is 4.97. The first kappa shape index (κ1) is 17.9. The molecular weight excluding hydrogens is 308 g/mol. The smallest absolute Gasteiger partial charge is 0.236 e. The number of hydrogen-bond acceptors (Lipinski definition) is 3. The molecule has 2 aliphatic heterocycles. The molecule has 2 heterocycles. The van der Waals surface area contributed by atoms with Gasteiger partial charge in [-0.2, -0.15) is 4.99 Å².